The largest absolute Gasteiger partial charge is 0.465 e. The van der Waals surface area contributed by atoms with Crippen LogP contribution in [0.5, 0.6) is 0 Å². The molecule has 1 atom stereocenters. The molecule has 0 saturated carbocycles. The molecule has 17 heavy (non-hydrogen) atoms. The fraction of sp³-hybridized carbons (Fsp3) is 0.846. The van der Waals surface area contributed by atoms with Gasteiger partial charge in [-0.15, -0.1) is 0 Å². The predicted octanol–water partition coefficient (Wildman–Crippen LogP) is 1.92. The maximum absolute atomic E-state index is 10.9. The van der Waals surface area contributed by atoms with Crippen LogP contribution < -0.4 is 5.73 Å². The monoisotopic (exact) mass is 242 g/mol. The summed E-state index contributed by atoms with van der Waals surface area (Å²) in [6.45, 7) is 11.1. The molecule has 4 heteroatoms. The Kier molecular flexibility index (Phi) is 6.93. The number of rotatable bonds is 3. The second-order valence-electron chi connectivity index (χ2n) is 4.85. The smallest absolute Gasteiger partial charge is 0.278 e. The maximum atomic E-state index is 10.9. The van der Waals surface area contributed by atoms with Crippen LogP contribution in [0, 0.1) is 0 Å². The third-order valence-electron chi connectivity index (χ3n) is 2.40. The summed E-state index contributed by atoms with van der Waals surface area (Å²) in [7, 11) is 0. The van der Waals surface area contributed by atoms with Crippen molar-refractivity contribution in [3.63, 3.8) is 0 Å². The summed E-state index contributed by atoms with van der Waals surface area (Å²) in [5.74, 6) is 2.18. The lowest BCUT2D eigenvalue weighted by molar-refractivity contribution is 0.00255. The average molecular weight is 242 g/mol. The highest BCUT2D eigenvalue weighted by Crippen LogP contribution is 2.23. The van der Waals surface area contributed by atoms with Crippen LogP contribution in [0.2, 0.25) is 0 Å². The van der Waals surface area contributed by atoms with Crippen LogP contribution in [0.15, 0.2) is 5.88 Å². The van der Waals surface area contributed by atoms with Crippen molar-refractivity contribution in [2.75, 3.05) is 13.1 Å². The lowest BCUT2D eigenvalue weighted by Crippen LogP contribution is -2.38. The van der Waals surface area contributed by atoms with Crippen molar-refractivity contribution in [1.29, 1.82) is 0 Å². The lowest BCUT2D eigenvalue weighted by atomic mass is 10.2. The van der Waals surface area contributed by atoms with Gasteiger partial charge in [0.05, 0.1) is 0 Å². The summed E-state index contributed by atoms with van der Waals surface area (Å²) >= 11 is 0. The molecule has 2 N–H and O–H groups in total. The molecule has 0 amide bonds. The lowest BCUT2D eigenvalue weighted by Gasteiger charge is -2.30. The fourth-order valence-electron chi connectivity index (χ4n) is 1.78. The first-order chi connectivity index (χ1) is 7.98. The Balaban J connectivity index is 0.00000121. The molecule has 0 bridgehead atoms. The summed E-state index contributed by atoms with van der Waals surface area (Å²) in [4.78, 5) is 12.8. The summed E-state index contributed by atoms with van der Waals surface area (Å²) in [5.41, 5.74) is 5.27. The Morgan fingerprint density at radius 2 is 2.06 bits per heavy atom. The van der Waals surface area contributed by atoms with Crippen molar-refractivity contribution < 1.29 is 9.53 Å². The topological polar surface area (TPSA) is 55.6 Å². The third kappa shape index (κ3) is 5.24. The van der Waals surface area contributed by atoms with Crippen LogP contribution in [0.3, 0.4) is 0 Å². The second kappa shape index (κ2) is 7.36. The number of hydrogen-bond acceptors (Lipinski definition) is 4. The molecule has 0 aliphatic carbocycles. The molecule has 100 valence electrons. The third-order valence-corrected chi connectivity index (χ3v) is 2.40. The minimum absolute atomic E-state index is 0.226. The quantitative estimate of drug-likeness (QED) is 0.607. The van der Waals surface area contributed by atoms with Gasteiger partial charge in [0, 0.05) is 19.1 Å². The van der Waals surface area contributed by atoms with Crippen LogP contribution in [0.1, 0.15) is 47.5 Å². The van der Waals surface area contributed by atoms with E-state index in [0.717, 1.165) is 19.4 Å². The number of ether oxygens (including phenoxy) is 1. The Bertz CT molecular complexity index is 265. The SMILES string of the molecule is CC.CC(C)(C)OC(=C=O)N1CCCC1CN. The standard InChI is InChI=1S/C11H20N2O2.C2H6/c1-11(2,3)15-10(8-14)13-6-4-5-9(13)7-12;1-2/h9H,4-7,12H2,1-3H3;1-2H3. The maximum Gasteiger partial charge on any atom is 0.278 e. The van der Waals surface area contributed by atoms with Gasteiger partial charge in [-0.25, -0.2) is 4.79 Å². The highest BCUT2D eigenvalue weighted by molar-refractivity contribution is 5.49. The van der Waals surface area contributed by atoms with E-state index in [-0.39, 0.29) is 11.6 Å². The van der Waals surface area contributed by atoms with E-state index >= 15 is 0 Å². The summed E-state index contributed by atoms with van der Waals surface area (Å²) in [6, 6.07) is 0.226. The van der Waals surface area contributed by atoms with Gasteiger partial charge in [-0.1, -0.05) is 13.8 Å². The van der Waals surface area contributed by atoms with Gasteiger partial charge < -0.3 is 15.4 Å². The number of likely N-dealkylation sites (tertiary alicyclic amines) is 1. The minimum Gasteiger partial charge on any atom is -0.465 e. The van der Waals surface area contributed by atoms with E-state index in [9.17, 15) is 4.79 Å². The Morgan fingerprint density at radius 1 is 1.47 bits per heavy atom. The van der Waals surface area contributed by atoms with E-state index in [1.54, 1.807) is 0 Å². The zero-order chi connectivity index (χ0) is 13.5. The molecule has 0 aromatic rings. The molecule has 1 heterocycles. The van der Waals surface area contributed by atoms with Gasteiger partial charge >= 0.3 is 0 Å². The molecule has 1 saturated heterocycles. The zero-order valence-corrected chi connectivity index (χ0v) is 11.7. The van der Waals surface area contributed by atoms with Gasteiger partial charge in [0.25, 0.3) is 5.88 Å². The molecule has 0 spiro atoms. The fourth-order valence-corrected chi connectivity index (χ4v) is 1.78. The second-order valence-corrected chi connectivity index (χ2v) is 4.85. The summed E-state index contributed by atoms with van der Waals surface area (Å²) in [6.07, 6.45) is 2.08. The molecule has 1 aliphatic rings. The number of hydrogen-bond donors (Lipinski definition) is 1. The molecule has 0 radical (unpaired) electrons. The first kappa shape index (κ1) is 16.0. The molecular formula is C13H26N2O2. The molecule has 1 unspecified atom stereocenters. The van der Waals surface area contributed by atoms with E-state index in [0.29, 0.717) is 12.4 Å². The van der Waals surface area contributed by atoms with Gasteiger partial charge in [-0.05, 0) is 33.6 Å². The molecule has 0 aromatic carbocycles. The van der Waals surface area contributed by atoms with Gasteiger partial charge in [-0.3, -0.25) is 0 Å². The normalized spacial score (nSPS) is 19.2. The number of nitrogens with zero attached hydrogens (tertiary/aromatic N) is 1. The van der Waals surface area contributed by atoms with Crippen LogP contribution in [-0.2, 0) is 9.53 Å². The molecule has 1 aliphatic heterocycles. The predicted molar refractivity (Wildman–Crippen MR) is 70.2 cm³/mol. The minimum atomic E-state index is -0.367. The van der Waals surface area contributed by atoms with Crippen LogP contribution in [0.25, 0.3) is 0 Å². The molecule has 0 aromatic heterocycles. The van der Waals surface area contributed by atoms with E-state index in [4.69, 9.17) is 10.5 Å². The number of carbonyl (C=O) groups excluding carboxylic acids is 1. The van der Waals surface area contributed by atoms with Gasteiger partial charge in [0.15, 0.2) is 5.94 Å². The van der Waals surface area contributed by atoms with Crippen LogP contribution >= 0.6 is 0 Å². The van der Waals surface area contributed by atoms with E-state index in [1.165, 1.54) is 0 Å². The van der Waals surface area contributed by atoms with Gasteiger partial charge in [-0.2, -0.15) is 0 Å². The van der Waals surface area contributed by atoms with Crippen molar-refractivity contribution >= 4 is 5.94 Å². The van der Waals surface area contributed by atoms with Gasteiger partial charge in [0.1, 0.15) is 5.60 Å². The highest BCUT2D eigenvalue weighted by atomic mass is 16.5. The Hall–Kier alpha value is -0.990. The van der Waals surface area contributed by atoms with Crippen molar-refractivity contribution in [3.8, 4) is 0 Å². The van der Waals surface area contributed by atoms with Crippen LogP contribution in [-0.4, -0.2) is 35.6 Å². The molecule has 1 fully saturated rings. The van der Waals surface area contributed by atoms with Crippen LogP contribution in [0.4, 0.5) is 0 Å². The van der Waals surface area contributed by atoms with Crippen molar-refractivity contribution in [2.45, 2.75) is 59.1 Å². The van der Waals surface area contributed by atoms with E-state index in [2.05, 4.69) is 0 Å². The summed E-state index contributed by atoms with van der Waals surface area (Å²) < 4.78 is 5.57. The van der Waals surface area contributed by atoms with Gasteiger partial charge in [0.2, 0.25) is 0 Å². The highest BCUT2D eigenvalue weighted by Gasteiger charge is 2.29. The van der Waals surface area contributed by atoms with E-state index < -0.39 is 0 Å². The van der Waals surface area contributed by atoms with Crippen molar-refractivity contribution in [2.24, 2.45) is 5.73 Å². The zero-order valence-electron chi connectivity index (χ0n) is 11.7. The molecule has 1 rings (SSSR count). The average Bonchev–Trinajstić information content (AvgIpc) is 2.75. The number of nitrogens with two attached hydrogens (primary N) is 1. The Morgan fingerprint density at radius 3 is 2.47 bits per heavy atom. The summed E-state index contributed by atoms with van der Waals surface area (Å²) in [5, 5.41) is 0. The molecular weight excluding hydrogens is 216 g/mol. The first-order valence-corrected chi connectivity index (χ1v) is 6.39. The molecule has 4 nitrogen and oxygen atoms in total. The first-order valence-electron chi connectivity index (χ1n) is 6.39. The van der Waals surface area contributed by atoms with Crippen molar-refractivity contribution in [1.82, 2.24) is 4.90 Å². The van der Waals surface area contributed by atoms with E-state index in [1.807, 2.05) is 45.5 Å². The Labute approximate surface area is 105 Å². The van der Waals surface area contributed by atoms with Crippen molar-refractivity contribution in [3.05, 3.63) is 5.88 Å².